The van der Waals surface area contributed by atoms with Crippen LogP contribution in [-0.2, 0) is 35.1 Å². The maximum absolute atomic E-state index is 11.6. The molecule has 0 spiro atoms. The Morgan fingerprint density at radius 3 is 2.35 bits per heavy atom. The van der Waals surface area contributed by atoms with Crippen LogP contribution in [0.25, 0.3) is 0 Å². The zero-order valence-corrected chi connectivity index (χ0v) is 15.5. The molecule has 0 saturated carbocycles. The van der Waals surface area contributed by atoms with Gasteiger partial charge in [-0.1, -0.05) is 43.2 Å². The highest BCUT2D eigenvalue weighted by molar-refractivity contribution is 5.67. The first kappa shape index (κ1) is 20.0. The van der Waals surface area contributed by atoms with Crippen molar-refractivity contribution >= 4 is 11.9 Å². The lowest BCUT2D eigenvalue weighted by Crippen LogP contribution is -2.45. The van der Waals surface area contributed by atoms with Crippen LogP contribution < -0.4 is 0 Å². The lowest BCUT2D eigenvalue weighted by Gasteiger charge is -2.29. The SMILES string of the molecule is CC#C[C@]1(CC)OC(OC(C)=O)[C@@H](OC(C)=O)C1OCc1ccccc1. The predicted octanol–water partition coefficient (Wildman–Crippen LogP) is 2.60. The van der Waals surface area contributed by atoms with Gasteiger partial charge in [-0.05, 0) is 18.9 Å². The molecule has 2 unspecified atom stereocenters. The normalized spacial score (nSPS) is 27.3. The first-order valence-corrected chi connectivity index (χ1v) is 8.53. The number of ether oxygens (including phenoxy) is 4. The lowest BCUT2D eigenvalue weighted by molar-refractivity contribution is -0.199. The Labute approximate surface area is 153 Å². The van der Waals surface area contributed by atoms with Crippen LogP contribution in [0.3, 0.4) is 0 Å². The van der Waals surface area contributed by atoms with Crippen LogP contribution in [0.1, 0.15) is 39.7 Å². The van der Waals surface area contributed by atoms with Gasteiger partial charge in [0, 0.05) is 13.8 Å². The van der Waals surface area contributed by atoms with E-state index >= 15 is 0 Å². The summed E-state index contributed by atoms with van der Waals surface area (Å²) in [7, 11) is 0. The van der Waals surface area contributed by atoms with E-state index in [4.69, 9.17) is 18.9 Å². The molecule has 2 rings (SSSR count). The zero-order valence-electron chi connectivity index (χ0n) is 15.5. The summed E-state index contributed by atoms with van der Waals surface area (Å²) in [5.74, 6) is 4.81. The molecular formula is C20H24O6. The number of carbonyl (C=O) groups excluding carboxylic acids is 2. The Kier molecular flexibility index (Phi) is 6.78. The smallest absolute Gasteiger partial charge is 0.305 e. The van der Waals surface area contributed by atoms with E-state index in [1.54, 1.807) is 6.92 Å². The third-order valence-corrected chi connectivity index (χ3v) is 4.07. The third-order valence-electron chi connectivity index (χ3n) is 4.07. The maximum Gasteiger partial charge on any atom is 0.305 e. The highest BCUT2D eigenvalue weighted by Crippen LogP contribution is 2.38. The number of esters is 2. The summed E-state index contributed by atoms with van der Waals surface area (Å²) in [6, 6.07) is 9.60. The van der Waals surface area contributed by atoms with Gasteiger partial charge in [0.2, 0.25) is 6.29 Å². The number of benzene rings is 1. The van der Waals surface area contributed by atoms with Crippen LogP contribution in [0.4, 0.5) is 0 Å². The summed E-state index contributed by atoms with van der Waals surface area (Å²) in [5.41, 5.74) is -0.0801. The van der Waals surface area contributed by atoms with Crippen LogP contribution >= 0.6 is 0 Å². The van der Waals surface area contributed by atoms with Crippen molar-refractivity contribution < 1.29 is 28.5 Å². The molecule has 0 aromatic heterocycles. The van der Waals surface area contributed by atoms with Gasteiger partial charge in [0.1, 0.15) is 6.10 Å². The van der Waals surface area contributed by atoms with E-state index in [-0.39, 0.29) is 6.61 Å². The molecule has 1 aliphatic rings. The molecule has 0 amide bonds. The van der Waals surface area contributed by atoms with Crippen molar-refractivity contribution in [3.63, 3.8) is 0 Å². The summed E-state index contributed by atoms with van der Waals surface area (Å²) < 4.78 is 22.6. The Bertz CT molecular complexity index is 689. The summed E-state index contributed by atoms with van der Waals surface area (Å²) in [6.07, 6.45) is -2.20. The Morgan fingerprint density at radius 1 is 1.15 bits per heavy atom. The molecule has 4 atom stereocenters. The van der Waals surface area contributed by atoms with Gasteiger partial charge < -0.3 is 18.9 Å². The molecule has 0 N–H and O–H groups in total. The van der Waals surface area contributed by atoms with Crippen molar-refractivity contribution in [3.05, 3.63) is 35.9 Å². The Balaban J connectivity index is 2.33. The number of rotatable bonds is 6. The molecule has 0 aliphatic carbocycles. The fourth-order valence-electron chi connectivity index (χ4n) is 2.99. The minimum Gasteiger partial charge on any atom is -0.453 e. The van der Waals surface area contributed by atoms with E-state index < -0.39 is 36.0 Å². The highest BCUT2D eigenvalue weighted by atomic mass is 16.7. The minimum absolute atomic E-state index is 0.284. The zero-order chi connectivity index (χ0) is 19.2. The molecule has 6 nitrogen and oxygen atoms in total. The van der Waals surface area contributed by atoms with E-state index in [1.165, 1.54) is 13.8 Å². The minimum atomic E-state index is -1.07. The molecule has 6 heteroatoms. The van der Waals surface area contributed by atoms with Crippen molar-refractivity contribution in [3.8, 4) is 11.8 Å². The first-order valence-electron chi connectivity index (χ1n) is 8.53. The Hall–Kier alpha value is -2.36. The van der Waals surface area contributed by atoms with E-state index in [1.807, 2.05) is 37.3 Å². The highest BCUT2D eigenvalue weighted by Gasteiger charge is 2.58. The summed E-state index contributed by atoms with van der Waals surface area (Å²) in [5, 5.41) is 0. The lowest BCUT2D eigenvalue weighted by atomic mass is 9.92. The second kappa shape index (κ2) is 8.84. The average Bonchev–Trinajstić information content (AvgIpc) is 2.86. The standard InChI is InChI=1S/C20H24O6/c1-5-12-20(6-2)18(23-13-16-10-8-7-9-11-16)17(24-14(3)21)19(26-20)25-15(4)22/h7-11,17-19H,6,13H2,1-4H3/t17-,18?,19?,20-/m0/s1. The molecule has 0 bridgehead atoms. The predicted molar refractivity (Wildman–Crippen MR) is 93.7 cm³/mol. The summed E-state index contributed by atoms with van der Waals surface area (Å²) >= 11 is 0. The molecule has 1 heterocycles. The first-order chi connectivity index (χ1) is 12.4. The molecule has 1 aliphatic heterocycles. The molecule has 1 aromatic rings. The molecule has 1 aromatic carbocycles. The molecule has 0 radical (unpaired) electrons. The van der Waals surface area contributed by atoms with Crippen LogP contribution in [0.15, 0.2) is 30.3 Å². The monoisotopic (exact) mass is 360 g/mol. The fraction of sp³-hybridized carbons (Fsp3) is 0.500. The van der Waals surface area contributed by atoms with Crippen molar-refractivity contribution in [2.45, 2.75) is 64.8 Å². The van der Waals surface area contributed by atoms with Crippen molar-refractivity contribution in [1.82, 2.24) is 0 Å². The van der Waals surface area contributed by atoms with Crippen LogP contribution in [0.2, 0.25) is 0 Å². The fourth-order valence-corrected chi connectivity index (χ4v) is 2.99. The second-order valence-corrected chi connectivity index (χ2v) is 6.00. The molecular weight excluding hydrogens is 336 g/mol. The number of hydrogen-bond acceptors (Lipinski definition) is 6. The van der Waals surface area contributed by atoms with E-state index in [9.17, 15) is 9.59 Å². The quantitative estimate of drug-likeness (QED) is 0.574. The van der Waals surface area contributed by atoms with Crippen molar-refractivity contribution in [2.75, 3.05) is 0 Å². The molecule has 26 heavy (non-hydrogen) atoms. The number of carbonyl (C=O) groups is 2. The second-order valence-electron chi connectivity index (χ2n) is 6.00. The van der Waals surface area contributed by atoms with Crippen LogP contribution in [-0.4, -0.2) is 36.0 Å². The van der Waals surface area contributed by atoms with E-state index in [0.29, 0.717) is 6.42 Å². The van der Waals surface area contributed by atoms with Gasteiger partial charge >= 0.3 is 11.9 Å². The summed E-state index contributed by atoms with van der Waals surface area (Å²) in [6.45, 7) is 6.42. The molecule has 1 fully saturated rings. The van der Waals surface area contributed by atoms with Gasteiger partial charge in [0.25, 0.3) is 0 Å². The van der Waals surface area contributed by atoms with Crippen molar-refractivity contribution in [2.24, 2.45) is 0 Å². The van der Waals surface area contributed by atoms with Gasteiger partial charge in [-0.15, -0.1) is 5.92 Å². The van der Waals surface area contributed by atoms with Crippen LogP contribution in [0.5, 0.6) is 0 Å². The largest absolute Gasteiger partial charge is 0.453 e. The van der Waals surface area contributed by atoms with Gasteiger partial charge in [0.15, 0.2) is 11.7 Å². The topological polar surface area (TPSA) is 71.1 Å². The third kappa shape index (κ3) is 4.63. The van der Waals surface area contributed by atoms with Gasteiger partial charge in [-0.3, -0.25) is 9.59 Å². The average molecular weight is 360 g/mol. The molecule has 1 saturated heterocycles. The van der Waals surface area contributed by atoms with Crippen molar-refractivity contribution in [1.29, 1.82) is 0 Å². The summed E-state index contributed by atoms with van der Waals surface area (Å²) in [4.78, 5) is 23.1. The maximum atomic E-state index is 11.6. The van der Waals surface area contributed by atoms with E-state index in [0.717, 1.165) is 5.56 Å². The van der Waals surface area contributed by atoms with Crippen LogP contribution in [0, 0.1) is 11.8 Å². The van der Waals surface area contributed by atoms with Gasteiger partial charge in [-0.2, -0.15) is 0 Å². The number of hydrogen-bond donors (Lipinski definition) is 0. The van der Waals surface area contributed by atoms with Gasteiger partial charge in [-0.25, -0.2) is 0 Å². The van der Waals surface area contributed by atoms with Gasteiger partial charge in [0.05, 0.1) is 6.61 Å². The Morgan fingerprint density at radius 2 is 1.81 bits per heavy atom. The molecule has 140 valence electrons. The van der Waals surface area contributed by atoms with E-state index in [2.05, 4.69) is 11.8 Å².